The molecule has 1 aromatic carbocycles. The smallest absolute Gasteiger partial charge is 0.410 e. The molecule has 2 amide bonds. The van der Waals surface area contributed by atoms with Crippen LogP contribution in [-0.4, -0.2) is 60.3 Å². The molecule has 4 aromatic rings. The molecule has 3 N–H and O–H groups in total. The zero-order valence-electron chi connectivity index (χ0n) is 21.8. The zero-order valence-corrected chi connectivity index (χ0v) is 21.8. The molecule has 0 radical (unpaired) electrons. The molecule has 1 saturated heterocycles. The van der Waals surface area contributed by atoms with E-state index in [1.165, 1.54) is 18.6 Å². The van der Waals surface area contributed by atoms with Gasteiger partial charge in [-0.1, -0.05) is 12.1 Å². The highest BCUT2D eigenvalue weighted by Gasteiger charge is 2.33. The number of hydrogen-bond acceptors (Lipinski definition) is 9. The Bertz CT molecular complexity index is 1600. The number of ether oxygens (including phenoxy) is 1. The van der Waals surface area contributed by atoms with Crippen molar-refractivity contribution in [1.29, 1.82) is 5.26 Å². The number of carbonyl (C=O) groups excluding carboxylic acids is 2. The summed E-state index contributed by atoms with van der Waals surface area (Å²) in [6, 6.07) is 11.8. The van der Waals surface area contributed by atoms with Gasteiger partial charge in [-0.2, -0.15) is 10.4 Å². The van der Waals surface area contributed by atoms with Gasteiger partial charge in [0.05, 0.1) is 23.1 Å². The number of nitriles is 1. The van der Waals surface area contributed by atoms with Crippen molar-refractivity contribution in [3.63, 3.8) is 0 Å². The number of nitrogens with two attached hydrogens (primary N) is 1. The second-order valence-electron chi connectivity index (χ2n) is 10.2. The number of hydrogen-bond donors (Lipinski definition) is 2. The number of fused-ring (bicyclic) bond motifs is 1. The molecule has 1 aliphatic heterocycles. The van der Waals surface area contributed by atoms with Crippen LogP contribution in [0, 0.1) is 11.3 Å². The number of nitrogen functional groups attached to an aromatic ring is 1. The Balaban J connectivity index is 1.40. The first-order valence-electron chi connectivity index (χ1n) is 12.4. The van der Waals surface area contributed by atoms with Crippen LogP contribution in [0.2, 0.25) is 0 Å². The summed E-state index contributed by atoms with van der Waals surface area (Å²) in [7, 11) is 0. The number of pyridine rings is 1. The molecule has 1 atom stereocenters. The molecule has 5 rings (SSSR count). The highest BCUT2D eigenvalue weighted by molar-refractivity contribution is 6.04. The van der Waals surface area contributed by atoms with Crippen LogP contribution in [0.4, 0.5) is 16.4 Å². The number of rotatable bonds is 4. The van der Waals surface area contributed by atoms with Crippen molar-refractivity contribution in [3.05, 3.63) is 60.0 Å². The number of aromatic nitrogens is 5. The summed E-state index contributed by atoms with van der Waals surface area (Å²) in [6.45, 7) is 6.47. The van der Waals surface area contributed by atoms with Gasteiger partial charge in [-0.3, -0.25) is 4.79 Å². The van der Waals surface area contributed by atoms with Crippen molar-refractivity contribution < 1.29 is 14.3 Å². The van der Waals surface area contributed by atoms with Gasteiger partial charge in [-0.15, -0.1) is 0 Å². The summed E-state index contributed by atoms with van der Waals surface area (Å²) in [5.41, 5.74) is 8.35. The molecule has 3 aromatic heterocycles. The van der Waals surface area contributed by atoms with Crippen LogP contribution in [0.3, 0.4) is 0 Å². The quantitative estimate of drug-likeness (QED) is 0.403. The van der Waals surface area contributed by atoms with Gasteiger partial charge in [-0.05, 0) is 51.5 Å². The average molecular weight is 526 g/mol. The van der Waals surface area contributed by atoms with Crippen molar-refractivity contribution in [2.75, 3.05) is 24.1 Å². The summed E-state index contributed by atoms with van der Waals surface area (Å²) in [5.74, 6) is 0.207. The molecule has 0 aliphatic carbocycles. The summed E-state index contributed by atoms with van der Waals surface area (Å²) < 4.78 is 7.32. The minimum absolute atomic E-state index is 0.121. The maximum absolute atomic E-state index is 12.7. The molecule has 0 spiro atoms. The normalized spacial score (nSPS) is 15.2. The fourth-order valence-corrected chi connectivity index (χ4v) is 4.42. The third-order valence-electron chi connectivity index (χ3n) is 6.23. The van der Waals surface area contributed by atoms with E-state index in [0.29, 0.717) is 47.4 Å². The Labute approximate surface area is 224 Å². The number of nitrogens with one attached hydrogen (secondary N) is 1. The number of benzene rings is 1. The van der Waals surface area contributed by atoms with Crippen LogP contribution in [0.1, 0.15) is 49.2 Å². The van der Waals surface area contributed by atoms with E-state index in [0.717, 1.165) is 5.56 Å². The predicted molar refractivity (Wildman–Crippen MR) is 144 cm³/mol. The third kappa shape index (κ3) is 5.33. The van der Waals surface area contributed by atoms with Gasteiger partial charge in [0, 0.05) is 30.4 Å². The fourth-order valence-electron chi connectivity index (χ4n) is 4.42. The number of carbonyl (C=O) groups is 2. The van der Waals surface area contributed by atoms with Crippen LogP contribution >= 0.6 is 0 Å². The Morgan fingerprint density at radius 1 is 1.15 bits per heavy atom. The van der Waals surface area contributed by atoms with E-state index in [4.69, 9.17) is 20.8 Å². The van der Waals surface area contributed by atoms with Crippen molar-refractivity contribution >= 4 is 34.7 Å². The van der Waals surface area contributed by atoms with Crippen LogP contribution in [0.15, 0.2) is 48.9 Å². The molecule has 12 nitrogen and oxygen atoms in total. The molecule has 1 fully saturated rings. The Morgan fingerprint density at radius 2 is 1.92 bits per heavy atom. The van der Waals surface area contributed by atoms with Crippen LogP contribution in [0.25, 0.3) is 22.3 Å². The van der Waals surface area contributed by atoms with E-state index < -0.39 is 5.60 Å². The first-order valence-corrected chi connectivity index (χ1v) is 12.4. The molecular weight excluding hydrogens is 498 g/mol. The lowest BCUT2D eigenvalue weighted by Crippen LogP contribution is -2.35. The molecule has 12 heteroatoms. The lowest BCUT2D eigenvalue weighted by Gasteiger charge is -2.24. The Kier molecular flexibility index (Phi) is 6.57. The van der Waals surface area contributed by atoms with Crippen molar-refractivity contribution in [2.45, 2.75) is 38.8 Å². The van der Waals surface area contributed by atoms with E-state index in [2.05, 4.69) is 20.3 Å². The molecular formula is C27H27N9O3. The highest BCUT2D eigenvalue weighted by Crippen LogP contribution is 2.34. The van der Waals surface area contributed by atoms with Gasteiger partial charge in [-0.25, -0.2) is 24.4 Å². The maximum atomic E-state index is 12.7. The van der Waals surface area contributed by atoms with E-state index in [-0.39, 0.29) is 29.7 Å². The fraction of sp³-hybridized carbons (Fsp3) is 0.296. The summed E-state index contributed by atoms with van der Waals surface area (Å²) in [4.78, 5) is 39.7. The lowest BCUT2D eigenvalue weighted by atomic mass is 10.1. The molecule has 39 heavy (non-hydrogen) atoms. The van der Waals surface area contributed by atoms with Crippen LogP contribution in [0.5, 0.6) is 0 Å². The molecule has 0 unspecified atom stereocenters. The zero-order chi connectivity index (χ0) is 27.7. The maximum Gasteiger partial charge on any atom is 0.410 e. The topological polar surface area (TPSA) is 165 Å². The van der Waals surface area contributed by atoms with Gasteiger partial charge in [0.25, 0.3) is 5.91 Å². The minimum atomic E-state index is -0.581. The molecule has 1 aliphatic rings. The standard InChI is InChI=1S/C27H27N9O3/c1-27(2,3)39-26(38)35-11-9-19(14-35)36-24-21(23(29)31-15-32-24)22(34-36)17-4-6-18(7-5-17)25(37)33-20-12-16(13-28)8-10-30-20/h4-8,10,12,15,19H,9,11,14H2,1-3H3,(H2,29,31,32)(H,30,33,37)/t19-/m1/s1. The lowest BCUT2D eigenvalue weighted by molar-refractivity contribution is 0.0288. The van der Waals surface area contributed by atoms with Gasteiger partial charge >= 0.3 is 6.09 Å². The summed E-state index contributed by atoms with van der Waals surface area (Å²) >= 11 is 0. The van der Waals surface area contributed by atoms with Gasteiger partial charge in [0.15, 0.2) is 5.65 Å². The van der Waals surface area contributed by atoms with E-state index in [1.54, 1.807) is 39.9 Å². The van der Waals surface area contributed by atoms with E-state index >= 15 is 0 Å². The second kappa shape index (κ2) is 10.0. The average Bonchev–Trinajstić information content (AvgIpc) is 3.54. The predicted octanol–water partition coefficient (Wildman–Crippen LogP) is 3.78. The minimum Gasteiger partial charge on any atom is -0.444 e. The second-order valence-corrected chi connectivity index (χ2v) is 10.2. The number of likely N-dealkylation sites (tertiary alicyclic amines) is 1. The summed E-state index contributed by atoms with van der Waals surface area (Å²) in [6.07, 6.45) is 3.17. The van der Waals surface area contributed by atoms with Crippen molar-refractivity contribution in [1.82, 2.24) is 29.6 Å². The van der Waals surface area contributed by atoms with Gasteiger partial charge in [0.2, 0.25) is 0 Å². The molecule has 0 bridgehead atoms. The monoisotopic (exact) mass is 525 g/mol. The number of nitrogens with zero attached hydrogens (tertiary/aromatic N) is 7. The Morgan fingerprint density at radius 3 is 2.64 bits per heavy atom. The molecule has 198 valence electrons. The Hall–Kier alpha value is -5.05. The summed E-state index contributed by atoms with van der Waals surface area (Å²) in [5, 5.41) is 17.2. The van der Waals surface area contributed by atoms with Crippen molar-refractivity contribution in [2.24, 2.45) is 0 Å². The molecule has 4 heterocycles. The first-order chi connectivity index (χ1) is 18.6. The van der Waals surface area contributed by atoms with Gasteiger partial charge in [0.1, 0.15) is 29.3 Å². The molecule has 0 saturated carbocycles. The third-order valence-corrected chi connectivity index (χ3v) is 6.23. The largest absolute Gasteiger partial charge is 0.444 e. The van der Waals surface area contributed by atoms with E-state index in [9.17, 15) is 9.59 Å². The van der Waals surface area contributed by atoms with Crippen molar-refractivity contribution in [3.8, 4) is 17.3 Å². The van der Waals surface area contributed by atoms with Crippen LogP contribution < -0.4 is 11.1 Å². The number of amides is 2. The number of anilines is 2. The SMILES string of the molecule is CC(C)(C)OC(=O)N1CC[C@@H](n2nc(-c3ccc(C(=O)Nc4cc(C#N)ccn4)cc3)c3c(N)ncnc32)C1. The van der Waals surface area contributed by atoms with Gasteiger partial charge < -0.3 is 20.7 Å². The van der Waals surface area contributed by atoms with E-state index in [1.807, 2.05) is 26.8 Å². The highest BCUT2D eigenvalue weighted by atomic mass is 16.6. The first kappa shape index (κ1) is 25.6. The van der Waals surface area contributed by atoms with Crippen LogP contribution in [-0.2, 0) is 4.74 Å².